The van der Waals surface area contributed by atoms with Crippen LogP contribution in [0.5, 0.6) is 0 Å². The van der Waals surface area contributed by atoms with E-state index in [0.29, 0.717) is 5.92 Å². The second kappa shape index (κ2) is 7.75. The smallest absolute Gasteiger partial charge is 0.325 e. The van der Waals surface area contributed by atoms with Crippen molar-refractivity contribution in [2.45, 2.75) is 31.8 Å². The van der Waals surface area contributed by atoms with Gasteiger partial charge in [-0.3, -0.25) is 14.4 Å². The maximum Gasteiger partial charge on any atom is 0.325 e. The lowest BCUT2D eigenvalue weighted by Gasteiger charge is -2.32. The van der Waals surface area contributed by atoms with Crippen molar-refractivity contribution in [2.24, 2.45) is 0 Å². The van der Waals surface area contributed by atoms with Crippen molar-refractivity contribution >= 4 is 5.97 Å². The highest BCUT2D eigenvalue weighted by atomic mass is 16.4. The number of aromatic nitrogens is 4. The van der Waals surface area contributed by atoms with E-state index in [1.54, 1.807) is 10.9 Å². The zero-order valence-electron chi connectivity index (χ0n) is 15.1. The molecule has 7 nitrogen and oxygen atoms in total. The minimum Gasteiger partial charge on any atom is -0.480 e. The predicted octanol–water partition coefficient (Wildman–Crippen LogP) is 2.53. The van der Waals surface area contributed by atoms with Gasteiger partial charge in [0, 0.05) is 42.7 Å². The third kappa shape index (κ3) is 4.09. The minimum absolute atomic E-state index is 0.0807. The minimum atomic E-state index is -0.860. The van der Waals surface area contributed by atoms with Gasteiger partial charge in [0.15, 0.2) is 0 Å². The summed E-state index contributed by atoms with van der Waals surface area (Å²) in [5.41, 5.74) is 3.25. The summed E-state index contributed by atoms with van der Waals surface area (Å²) in [4.78, 5) is 13.5. The SMILES string of the molecule is O=C(O)Cn1nccc1[C@H]1CCCN(Cc2cnn(-c3ccccc3)c2)C1. The van der Waals surface area contributed by atoms with Crippen molar-refractivity contribution in [1.82, 2.24) is 24.5 Å². The first-order chi connectivity index (χ1) is 13.2. The van der Waals surface area contributed by atoms with E-state index in [9.17, 15) is 4.79 Å². The lowest BCUT2D eigenvalue weighted by atomic mass is 9.94. The molecule has 1 atom stereocenters. The van der Waals surface area contributed by atoms with Gasteiger partial charge in [0.25, 0.3) is 0 Å². The lowest BCUT2D eigenvalue weighted by molar-refractivity contribution is -0.137. The summed E-state index contributed by atoms with van der Waals surface area (Å²) in [6.45, 7) is 2.71. The topological polar surface area (TPSA) is 76.2 Å². The van der Waals surface area contributed by atoms with Gasteiger partial charge in [-0.15, -0.1) is 0 Å². The van der Waals surface area contributed by atoms with Crippen molar-refractivity contribution in [3.8, 4) is 5.69 Å². The number of aliphatic carboxylic acids is 1. The maximum absolute atomic E-state index is 11.0. The number of carbonyl (C=O) groups is 1. The van der Waals surface area contributed by atoms with Crippen LogP contribution in [0.1, 0.15) is 30.0 Å². The number of likely N-dealkylation sites (tertiary alicyclic amines) is 1. The summed E-state index contributed by atoms with van der Waals surface area (Å²) in [6, 6.07) is 12.0. The quantitative estimate of drug-likeness (QED) is 0.726. The Morgan fingerprint density at radius 1 is 1.19 bits per heavy atom. The number of rotatable bonds is 6. The summed E-state index contributed by atoms with van der Waals surface area (Å²) in [6.07, 6.45) is 7.85. The van der Waals surface area contributed by atoms with Crippen molar-refractivity contribution in [2.75, 3.05) is 13.1 Å². The third-order valence-electron chi connectivity index (χ3n) is 5.02. The van der Waals surface area contributed by atoms with E-state index >= 15 is 0 Å². The number of hydrogen-bond acceptors (Lipinski definition) is 4. The molecule has 140 valence electrons. The molecule has 0 radical (unpaired) electrons. The van der Waals surface area contributed by atoms with E-state index in [1.807, 2.05) is 47.3 Å². The summed E-state index contributed by atoms with van der Waals surface area (Å²) in [5, 5.41) is 17.7. The average Bonchev–Trinajstić information content (AvgIpc) is 3.32. The molecule has 0 spiro atoms. The van der Waals surface area contributed by atoms with Gasteiger partial charge >= 0.3 is 5.97 Å². The molecule has 1 N–H and O–H groups in total. The molecule has 1 aliphatic rings. The Kier molecular flexibility index (Phi) is 5.02. The van der Waals surface area contributed by atoms with Crippen LogP contribution in [-0.4, -0.2) is 48.6 Å². The molecule has 3 heterocycles. The molecule has 0 unspecified atom stereocenters. The molecular weight excluding hydrogens is 342 g/mol. The Balaban J connectivity index is 1.43. The Morgan fingerprint density at radius 3 is 2.85 bits per heavy atom. The number of carboxylic acids is 1. The van der Waals surface area contributed by atoms with E-state index < -0.39 is 5.97 Å². The molecule has 1 aliphatic heterocycles. The van der Waals surface area contributed by atoms with Gasteiger partial charge in [-0.1, -0.05) is 18.2 Å². The summed E-state index contributed by atoms with van der Waals surface area (Å²) >= 11 is 0. The normalized spacial score (nSPS) is 17.9. The summed E-state index contributed by atoms with van der Waals surface area (Å²) in [7, 11) is 0. The molecule has 0 amide bonds. The number of benzene rings is 1. The molecule has 1 saturated heterocycles. The van der Waals surface area contributed by atoms with E-state index in [2.05, 4.69) is 21.3 Å². The number of piperidine rings is 1. The van der Waals surface area contributed by atoms with Crippen LogP contribution in [0, 0.1) is 0 Å². The van der Waals surface area contributed by atoms with Gasteiger partial charge in [-0.25, -0.2) is 4.68 Å². The fraction of sp³-hybridized carbons (Fsp3) is 0.350. The van der Waals surface area contributed by atoms with E-state index in [1.165, 1.54) is 5.56 Å². The monoisotopic (exact) mass is 365 g/mol. The van der Waals surface area contributed by atoms with Crippen molar-refractivity contribution in [3.05, 3.63) is 66.2 Å². The van der Waals surface area contributed by atoms with Crippen LogP contribution in [-0.2, 0) is 17.9 Å². The van der Waals surface area contributed by atoms with Crippen molar-refractivity contribution < 1.29 is 9.90 Å². The standard InChI is InChI=1S/C20H23N5O2/c26-20(27)15-25-19(8-9-21-25)17-5-4-10-23(14-17)12-16-11-22-24(13-16)18-6-2-1-3-7-18/h1-3,6-9,11,13,17H,4-5,10,12,14-15H2,(H,26,27)/t17-/m0/s1. The highest BCUT2D eigenvalue weighted by molar-refractivity contribution is 5.66. The Hall–Kier alpha value is -2.93. The number of hydrogen-bond donors (Lipinski definition) is 1. The number of carboxylic acid groups (broad SMARTS) is 1. The number of nitrogens with zero attached hydrogens (tertiary/aromatic N) is 5. The van der Waals surface area contributed by atoms with Crippen molar-refractivity contribution in [1.29, 1.82) is 0 Å². The highest BCUT2D eigenvalue weighted by Crippen LogP contribution is 2.27. The molecule has 4 rings (SSSR count). The second-order valence-electron chi connectivity index (χ2n) is 7.01. The van der Waals surface area contributed by atoms with Crippen LogP contribution in [0.4, 0.5) is 0 Å². The van der Waals surface area contributed by atoms with Gasteiger partial charge in [-0.2, -0.15) is 10.2 Å². The first-order valence-electron chi connectivity index (χ1n) is 9.24. The van der Waals surface area contributed by atoms with Crippen LogP contribution in [0.3, 0.4) is 0 Å². The highest BCUT2D eigenvalue weighted by Gasteiger charge is 2.24. The maximum atomic E-state index is 11.0. The molecular formula is C20H23N5O2. The fourth-order valence-electron chi connectivity index (χ4n) is 3.81. The van der Waals surface area contributed by atoms with Crippen molar-refractivity contribution in [3.63, 3.8) is 0 Å². The molecule has 2 aromatic heterocycles. The van der Waals surface area contributed by atoms with E-state index in [0.717, 1.165) is 43.9 Å². The van der Waals surface area contributed by atoms with Gasteiger partial charge in [-0.05, 0) is 37.6 Å². The zero-order chi connectivity index (χ0) is 18.6. The molecule has 0 saturated carbocycles. The molecule has 1 fully saturated rings. The number of para-hydroxylation sites is 1. The summed E-state index contributed by atoms with van der Waals surface area (Å²) in [5.74, 6) is -0.550. The molecule has 0 aliphatic carbocycles. The van der Waals surface area contributed by atoms with E-state index in [4.69, 9.17) is 5.11 Å². The molecule has 3 aromatic rings. The van der Waals surface area contributed by atoms with Crippen LogP contribution < -0.4 is 0 Å². The Morgan fingerprint density at radius 2 is 2.04 bits per heavy atom. The van der Waals surface area contributed by atoms with Gasteiger partial charge in [0.1, 0.15) is 6.54 Å². The fourth-order valence-corrected chi connectivity index (χ4v) is 3.81. The molecule has 0 bridgehead atoms. The molecule has 7 heteroatoms. The van der Waals surface area contributed by atoms with Crippen LogP contribution in [0.25, 0.3) is 5.69 Å². The Bertz CT molecular complexity index is 902. The van der Waals surface area contributed by atoms with Gasteiger partial charge < -0.3 is 5.11 Å². The zero-order valence-corrected chi connectivity index (χ0v) is 15.1. The lowest BCUT2D eigenvalue weighted by Crippen LogP contribution is -2.34. The second-order valence-corrected chi connectivity index (χ2v) is 7.01. The third-order valence-corrected chi connectivity index (χ3v) is 5.02. The largest absolute Gasteiger partial charge is 0.480 e. The summed E-state index contributed by atoms with van der Waals surface area (Å²) < 4.78 is 3.52. The van der Waals surface area contributed by atoms with Crippen LogP contribution >= 0.6 is 0 Å². The van der Waals surface area contributed by atoms with Gasteiger partial charge in [0.05, 0.1) is 11.9 Å². The molecule has 27 heavy (non-hydrogen) atoms. The predicted molar refractivity (Wildman–Crippen MR) is 101 cm³/mol. The first-order valence-corrected chi connectivity index (χ1v) is 9.24. The van der Waals surface area contributed by atoms with Crippen LogP contribution in [0.2, 0.25) is 0 Å². The van der Waals surface area contributed by atoms with E-state index in [-0.39, 0.29) is 6.54 Å². The van der Waals surface area contributed by atoms with Gasteiger partial charge in [0.2, 0.25) is 0 Å². The average molecular weight is 365 g/mol. The Labute approximate surface area is 157 Å². The first kappa shape index (κ1) is 17.5. The molecule has 1 aromatic carbocycles. The van der Waals surface area contributed by atoms with Crippen LogP contribution in [0.15, 0.2) is 55.0 Å².